The molecule has 0 aliphatic heterocycles. The van der Waals surface area contributed by atoms with Crippen molar-refractivity contribution in [3.05, 3.63) is 35.4 Å². The molecule has 21 heavy (non-hydrogen) atoms. The Morgan fingerprint density at radius 1 is 1.38 bits per heavy atom. The number of hydrogen-bond donors (Lipinski definition) is 0. The summed E-state index contributed by atoms with van der Waals surface area (Å²) in [4.78, 5) is 13.3. The molecule has 1 aromatic rings. The Hall–Kier alpha value is -1.56. The Labute approximate surface area is 122 Å². The predicted octanol–water partition coefficient (Wildman–Crippen LogP) is 3.34. The van der Waals surface area contributed by atoms with Crippen LogP contribution in [0.3, 0.4) is 0 Å². The average molecular weight is 303 g/mol. The van der Waals surface area contributed by atoms with E-state index in [1.54, 1.807) is 13.0 Å². The van der Waals surface area contributed by atoms with E-state index in [2.05, 4.69) is 4.74 Å². The predicted molar refractivity (Wildman–Crippen MR) is 73.6 cm³/mol. The second-order valence-corrected chi connectivity index (χ2v) is 4.95. The molecule has 1 unspecified atom stereocenters. The van der Waals surface area contributed by atoms with Gasteiger partial charge in [-0.3, -0.25) is 9.69 Å². The summed E-state index contributed by atoms with van der Waals surface area (Å²) >= 11 is 0. The van der Waals surface area contributed by atoms with Crippen LogP contribution in [0.15, 0.2) is 24.3 Å². The van der Waals surface area contributed by atoms with Gasteiger partial charge in [-0.15, -0.1) is 0 Å². The van der Waals surface area contributed by atoms with E-state index in [0.29, 0.717) is 25.2 Å². The van der Waals surface area contributed by atoms with Gasteiger partial charge >= 0.3 is 12.1 Å². The van der Waals surface area contributed by atoms with Crippen molar-refractivity contribution in [1.82, 2.24) is 4.90 Å². The molecule has 0 saturated heterocycles. The number of hydrogen-bond acceptors (Lipinski definition) is 3. The molecule has 1 atom stereocenters. The van der Waals surface area contributed by atoms with E-state index in [-0.39, 0.29) is 11.9 Å². The van der Waals surface area contributed by atoms with Crippen molar-refractivity contribution in [2.75, 3.05) is 20.2 Å². The van der Waals surface area contributed by atoms with Crippen molar-refractivity contribution in [2.24, 2.45) is 5.92 Å². The number of carbonyl (C=O) groups excluding carboxylic acids is 1. The number of carbonyl (C=O) groups is 1. The third-order valence-electron chi connectivity index (χ3n) is 3.24. The molecular formula is C15H20F3NO2. The van der Waals surface area contributed by atoms with Gasteiger partial charge in [-0.05, 0) is 18.2 Å². The number of halogens is 3. The molecule has 0 N–H and O–H groups in total. The Morgan fingerprint density at radius 3 is 2.57 bits per heavy atom. The van der Waals surface area contributed by atoms with Gasteiger partial charge in [-0.1, -0.05) is 32.0 Å². The van der Waals surface area contributed by atoms with Crippen LogP contribution in [0.1, 0.15) is 25.0 Å². The second kappa shape index (κ2) is 7.45. The Kier molecular flexibility index (Phi) is 6.20. The lowest BCUT2D eigenvalue weighted by atomic mass is 10.1. The summed E-state index contributed by atoms with van der Waals surface area (Å²) in [5.41, 5.74) is -0.0826. The molecule has 0 radical (unpaired) electrons. The van der Waals surface area contributed by atoms with Gasteiger partial charge < -0.3 is 4.74 Å². The second-order valence-electron chi connectivity index (χ2n) is 4.95. The van der Waals surface area contributed by atoms with Gasteiger partial charge in [0.25, 0.3) is 0 Å². The number of ether oxygens (including phenoxy) is 1. The third kappa shape index (κ3) is 5.38. The fourth-order valence-corrected chi connectivity index (χ4v) is 2.07. The highest BCUT2D eigenvalue weighted by Crippen LogP contribution is 2.29. The van der Waals surface area contributed by atoms with Crippen LogP contribution < -0.4 is 0 Å². The molecule has 0 aliphatic rings. The van der Waals surface area contributed by atoms with Gasteiger partial charge in [0.1, 0.15) is 0 Å². The number of nitrogens with zero attached hydrogens (tertiary/aromatic N) is 1. The zero-order valence-electron chi connectivity index (χ0n) is 12.4. The summed E-state index contributed by atoms with van der Waals surface area (Å²) < 4.78 is 42.7. The minimum atomic E-state index is -4.34. The van der Waals surface area contributed by atoms with Crippen molar-refractivity contribution in [2.45, 2.75) is 26.6 Å². The van der Waals surface area contributed by atoms with Crippen molar-refractivity contribution >= 4 is 5.97 Å². The van der Waals surface area contributed by atoms with Crippen molar-refractivity contribution in [3.8, 4) is 0 Å². The number of esters is 1. The van der Waals surface area contributed by atoms with Crippen LogP contribution in [-0.2, 0) is 22.3 Å². The number of alkyl halides is 3. The van der Waals surface area contributed by atoms with Gasteiger partial charge in [-0.2, -0.15) is 13.2 Å². The lowest BCUT2D eigenvalue weighted by molar-refractivity contribution is -0.145. The highest BCUT2D eigenvalue weighted by atomic mass is 19.4. The Balaban J connectivity index is 2.76. The third-order valence-corrected chi connectivity index (χ3v) is 3.24. The average Bonchev–Trinajstić information content (AvgIpc) is 2.44. The molecular weight excluding hydrogens is 283 g/mol. The molecule has 0 heterocycles. The van der Waals surface area contributed by atoms with Crippen molar-refractivity contribution < 1.29 is 22.7 Å². The minimum absolute atomic E-state index is 0.319. The first kappa shape index (κ1) is 17.5. The summed E-state index contributed by atoms with van der Waals surface area (Å²) in [5.74, 6) is -0.641. The molecule has 0 bridgehead atoms. The van der Waals surface area contributed by atoms with Crippen LogP contribution in [-0.4, -0.2) is 31.1 Å². The molecule has 6 heteroatoms. The molecule has 1 aromatic carbocycles. The monoisotopic (exact) mass is 303 g/mol. The number of methoxy groups -OCH3 is 1. The topological polar surface area (TPSA) is 29.5 Å². The minimum Gasteiger partial charge on any atom is -0.469 e. The number of benzene rings is 1. The molecule has 0 spiro atoms. The largest absolute Gasteiger partial charge is 0.469 e. The summed E-state index contributed by atoms with van der Waals surface area (Å²) in [6, 6.07) is 5.25. The maximum atomic E-state index is 12.7. The Bertz CT molecular complexity index is 474. The van der Waals surface area contributed by atoms with Crippen LogP contribution in [0.4, 0.5) is 13.2 Å². The fourth-order valence-electron chi connectivity index (χ4n) is 2.07. The molecule has 0 fully saturated rings. The lowest BCUT2D eigenvalue weighted by Crippen LogP contribution is -2.32. The number of rotatable bonds is 6. The van der Waals surface area contributed by atoms with E-state index in [1.807, 2.05) is 11.8 Å². The molecule has 0 amide bonds. The van der Waals surface area contributed by atoms with E-state index in [4.69, 9.17) is 0 Å². The molecule has 1 rings (SSSR count). The van der Waals surface area contributed by atoms with Crippen LogP contribution in [0.2, 0.25) is 0 Å². The molecule has 3 nitrogen and oxygen atoms in total. The van der Waals surface area contributed by atoms with Gasteiger partial charge in [0, 0.05) is 13.1 Å². The highest BCUT2D eigenvalue weighted by Gasteiger charge is 2.30. The van der Waals surface area contributed by atoms with Crippen molar-refractivity contribution in [3.63, 3.8) is 0 Å². The highest BCUT2D eigenvalue weighted by molar-refractivity contribution is 5.72. The summed E-state index contributed by atoms with van der Waals surface area (Å²) in [6.07, 6.45) is -4.34. The quantitative estimate of drug-likeness (QED) is 0.755. The zero-order valence-corrected chi connectivity index (χ0v) is 12.4. The standard InChI is InChI=1S/C15H20F3NO2/c1-4-19(9-11(2)14(20)21-3)10-12-6-5-7-13(8-12)15(16,17)18/h5-8,11H,4,9-10H2,1-3H3. The Morgan fingerprint density at radius 2 is 2.05 bits per heavy atom. The molecule has 118 valence electrons. The van der Waals surface area contributed by atoms with E-state index in [9.17, 15) is 18.0 Å². The molecule has 0 aliphatic carbocycles. The van der Waals surface area contributed by atoms with Gasteiger partial charge in [0.15, 0.2) is 0 Å². The van der Waals surface area contributed by atoms with Crippen LogP contribution in [0.25, 0.3) is 0 Å². The first-order valence-corrected chi connectivity index (χ1v) is 6.74. The zero-order chi connectivity index (χ0) is 16.0. The SMILES string of the molecule is CCN(Cc1cccc(C(F)(F)F)c1)CC(C)C(=O)OC. The first-order chi connectivity index (χ1) is 9.77. The van der Waals surface area contributed by atoms with Gasteiger partial charge in [-0.25, -0.2) is 0 Å². The molecule has 0 aromatic heterocycles. The smallest absolute Gasteiger partial charge is 0.416 e. The first-order valence-electron chi connectivity index (χ1n) is 6.74. The fraction of sp³-hybridized carbons (Fsp3) is 0.533. The van der Waals surface area contributed by atoms with E-state index < -0.39 is 11.7 Å². The van der Waals surface area contributed by atoms with E-state index >= 15 is 0 Å². The van der Waals surface area contributed by atoms with Gasteiger partial charge in [0.2, 0.25) is 0 Å². The van der Waals surface area contributed by atoms with E-state index in [0.717, 1.165) is 12.1 Å². The normalized spacial score (nSPS) is 13.3. The van der Waals surface area contributed by atoms with Crippen molar-refractivity contribution in [1.29, 1.82) is 0 Å². The summed E-state index contributed by atoms with van der Waals surface area (Å²) in [6.45, 7) is 5.08. The summed E-state index contributed by atoms with van der Waals surface area (Å²) in [5, 5.41) is 0. The van der Waals surface area contributed by atoms with Crippen LogP contribution in [0.5, 0.6) is 0 Å². The van der Waals surface area contributed by atoms with E-state index in [1.165, 1.54) is 13.2 Å². The summed E-state index contributed by atoms with van der Waals surface area (Å²) in [7, 11) is 1.32. The van der Waals surface area contributed by atoms with Gasteiger partial charge in [0.05, 0.1) is 18.6 Å². The van der Waals surface area contributed by atoms with Crippen LogP contribution >= 0.6 is 0 Å². The maximum Gasteiger partial charge on any atom is 0.416 e. The lowest BCUT2D eigenvalue weighted by Gasteiger charge is -2.23. The molecule has 0 saturated carbocycles. The maximum absolute atomic E-state index is 12.7. The van der Waals surface area contributed by atoms with Crippen LogP contribution in [0, 0.1) is 5.92 Å².